The molecular formula is C27H31BN6O2. The first-order valence-electron chi connectivity index (χ1n) is 12.4. The Balaban J connectivity index is 1.24. The molecule has 0 saturated carbocycles. The van der Waals surface area contributed by atoms with E-state index in [1.165, 1.54) is 5.56 Å². The molecule has 1 amide bonds. The number of anilines is 2. The fraction of sp³-hybridized carbons (Fsp3) is 0.333. The van der Waals surface area contributed by atoms with Crippen molar-refractivity contribution in [2.45, 2.75) is 46.0 Å². The molecule has 8 nitrogen and oxygen atoms in total. The van der Waals surface area contributed by atoms with Gasteiger partial charge in [0.2, 0.25) is 0 Å². The Morgan fingerprint density at radius 3 is 2.83 bits per heavy atom. The molecular weight excluding hydrogens is 451 g/mol. The number of hydrogen-bond donors (Lipinski definition) is 3. The van der Waals surface area contributed by atoms with Crippen LogP contribution in [0.1, 0.15) is 46.9 Å². The van der Waals surface area contributed by atoms with Crippen LogP contribution in [0.3, 0.4) is 0 Å². The second-order valence-electron chi connectivity index (χ2n) is 9.55. The fourth-order valence-electron chi connectivity index (χ4n) is 4.53. The van der Waals surface area contributed by atoms with Crippen LogP contribution in [-0.2, 0) is 13.1 Å². The van der Waals surface area contributed by atoms with Crippen molar-refractivity contribution in [1.29, 1.82) is 0 Å². The summed E-state index contributed by atoms with van der Waals surface area (Å²) in [7, 11) is 2.00. The number of nitrogens with zero attached hydrogens (tertiary/aromatic N) is 4. The fourth-order valence-corrected chi connectivity index (χ4v) is 4.53. The Morgan fingerprint density at radius 1 is 1.25 bits per heavy atom. The number of rotatable bonds is 8. The molecule has 3 N–H and O–H groups in total. The zero-order valence-corrected chi connectivity index (χ0v) is 20.9. The molecule has 0 bridgehead atoms. The van der Waals surface area contributed by atoms with Gasteiger partial charge in [0.15, 0.2) is 0 Å². The van der Waals surface area contributed by atoms with E-state index in [1.54, 1.807) is 6.20 Å². The minimum absolute atomic E-state index is 0.0246. The van der Waals surface area contributed by atoms with Gasteiger partial charge in [-0.25, -0.2) is 0 Å². The molecule has 3 heterocycles. The Labute approximate surface area is 211 Å². The van der Waals surface area contributed by atoms with Gasteiger partial charge < -0.3 is 5.11 Å². The predicted octanol–water partition coefficient (Wildman–Crippen LogP) is 3.70. The number of carbonyl (C=O) groups is 1. The van der Waals surface area contributed by atoms with Crippen molar-refractivity contribution in [3.63, 3.8) is 0 Å². The molecule has 5 rings (SSSR count). The van der Waals surface area contributed by atoms with Crippen LogP contribution in [0, 0.1) is 6.92 Å². The zero-order chi connectivity index (χ0) is 25.2. The summed E-state index contributed by atoms with van der Waals surface area (Å²) in [5, 5.41) is 15.9. The summed E-state index contributed by atoms with van der Waals surface area (Å²) in [6, 6.07) is 13.6. The first-order valence-corrected chi connectivity index (χ1v) is 12.4. The third-order valence-corrected chi connectivity index (χ3v) is 6.72. The minimum atomic E-state index is -0.214. The van der Waals surface area contributed by atoms with Crippen LogP contribution in [0.2, 0.25) is 0 Å². The number of carbonyl (C=O) groups excluding carboxylic acids is 1. The van der Waals surface area contributed by atoms with Gasteiger partial charge in [-0.05, 0) is 18.1 Å². The van der Waals surface area contributed by atoms with E-state index in [0.717, 1.165) is 40.8 Å². The van der Waals surface area contributed by atoms with Crippen molar-refractivity contribution < 1.29 is 9.90 Å². The number of fused-ring (bicyclic) bond motifs is 1. The quantitative estimate of drug-likeness (QED) is 0.355. The topological polar surface area (TPSA) is 95.3 Å². The van der Waals surface area contributed by atoms with Crippen LogP contribution in [0.25, 0.3) is 10.9 Å². The average Bonchev–Trinajstić information content (AvgIpc) is 3.27. The number of aryl methyl sites for hydroxylation is 2. The molecule has 184 valence electrons. The maximum atomic E-state index is 12.9. The van der Waals surface area contributed by atoms with Gasteiger partial charge >= 0.3 is 152 Å². The van der Waals surface area contributed by atoms with Crippen LogP contribution in [0.15, 0.2) is 54.9 Å². The summed E-state index contributed by atoms with van der Waals surface area (Å²) < 4.78 is 2.07. The van der Waals surface area contributed by atoms with Crippen molar-refractivity contribution in [2.24, 2.45) is 0 Å². The molecule has 1 aliphatic heterocycles. The predicted molar refractivity (Wildman–Crippen MR) is 143 cm³/mol. The van der Waals surface area contributed by atoms with E-state index < -0.39 is 0 Å². The normalized spacial score (nSPS) is 14.9. The second-order valence-corrected chi connectivity index (χ2v) is 9.55. The number of aliphatic hydroxyl groups is 1. The second kappa shape index (κ2) is 10.2. The van der Waals surface area contributed by atoms with E-state index in [1.807, 2.05) is 62.6 Å². The molecule has 1 unspecified atom stereocenters. The van der Waals surface area contributed by atoms with Crippen molar-refractivity contribution in [1.82, 2.24) is 19.3 Å². The van der Waals surface area contributed by atoms with Crippen molar-refractivity contribution in [3.05, 3.63) is 77.1 Å². The van der Waals surface area contributed by atoms with Crippen molar-refractivity contribution in [2.75, 3.05) is 23.7 Å². The van der Waals surface area contributed by atoms with Gasteiger partial charge in [0.25, 0.3) is 0 Å². The van der Waals surface area contributed by atoms with Gasteiger partial charge in [-0.15, -0.1) is 0 Å². The van der Waals surface area contributed by atoms with E-state index in [9.17, 15) is 9.90 Å². The zero-order valence-electron chi connectivity index (χ0n) is 20.9. The van der Waals surface area contributed by atoms with E-state index >= 15 is 0 Å². The number of hydrogen-bond acceptors (Lipinski definition) is 6. The van der Waals surface area contributed by atoms with Gasteiger partial charge in [0, 0.05) is 19.6 Å². The molecule has 4 aromatic rings. The van der Waals surface area contributed by atoms with E-state index in [-0.39, 0.29) is 18.1 Å². The first kappa shape index (κ1) is 24.2. The average molecular weight is 482 g/mol. The van der Waals surface area contributed by atoms with Crippen LogP contribution in [0.4, 0.5) is 11.5 Å². The van der Waals surface area contributed by atoms with Crippen molar-refractivity contribution >= 4 is 35.4 Å². The Morgan fingerprint density at radius 2 is 2.08 bits per heavy atom. The number of aromatic nitrogens is 3. The van der Waals surface area contributed by atoms with E-state index in [4.69, 9.17) is 0 Å². The van der Waals surface area contributed by atoms with E-state index in [2.05, 4.69) is 43.8 Å². The third kappa shape index (κ3) is 5.32. The molecule has 1 atom stereocenters. The van der Waals surface area contributed by atoms with E-state index in [0.29, 0.717) is 24.5 Å². The molecule has 1 saturated heterocycles. The number of β-amino-alcohol motifs (C(OH)–C–C–N with tert-alkyl or cyclic N) is 1. The SMILES string of the molecule is CCn1bc2nc(NC(C)c3cccc(NC(=O)c4ccc(CN5CC(O)C5)c(C)c4)c3)cnc2c1. The summed E-state index contributed by atoms with van der Waals surface area (Å²) in [6.45, 7) is 9.25. The Hall–Kier alpha value is -3.56. The Kier molecular flexibility index (Phi) is 6.85. The Bertz CT molecular complexity index is 1400. The molecule has 2 aromatic heterocycles. The summed E-state index contributed by atoms with van der Waals surface area (Å²) >= 11 is 0. The third-order valence-electron chi connectivity index (χ3n) is 6.72. The molecule has 0 radical (unpaired) electrons. The number of aliphatic hydroxyl groups excluding tert-OH is 1. The van der Waals surface area contributed by atoms with Crippen LogP contribution in [0.5, 0.6) is 0 Å². The van der Waals surface area contributed by atoms with Crippen LogP contribution >= 0.6 is 0 Å². The molecule has 0 spiro atoms. The van der Waals surface area contributed by atoms with Gasteiger partial charge in [-0.2, -0.15) is 0 Å². The summed E-state index contributed by atoms with van der Waals surface area (Å²) in [5.41, 5.74) is 6.38. The summed E-state index contributed by atoms with van der Waals surface area (Å²) in [6.07, 6.45) is 3.53. The van der Waals surface area contributed by atoms with Gasteiger partial charge in [-0.1, -0.05) is 6.07 Å². The number of amides is 1. The molecule has 2 aromatic carbocycles. The van der Waals surface area contributed by atoms with Gasteiger partial charge in [0.05, 0.1) is 6.10 Å². The summed E-state index contributed by atoms with van der Waals surface area (Å²) in [5.74, 6) is 0.570. The van der Waals surface area contributed by atoms with Crippen LogP contribution in [-0.4, -0.2) is 56.6 Å². The first-order chi connectivity index (χ1) is 17.4. The standard InChI is InChI=1S/C27H31BN6O2/c1-4-34-16-24-26(28-34)32-25(12-29-24)30-18(3)19-6-5-7-22(11-19)31-27(36)20-8-9-21(17(2)10-20)13-33-14-23(35)15-33/h5-12,16,18,23,35H,4,13-15H2,1-3H3,(H,30,32)(H,31,36). The summed E-state index contributed by atoms with van der Waals surface area (Å²) in [4.78, 5) is 24.3. The number of nitrogens with one attached hydrogen (secondary N) is 2. The molecule has 36 heavy (non-hydrogen) atoms. The van der Waals surface area contributed by atoms with Crippen molar-refractivity contribution in [3.8, 4) is 0 Å². The molecule has 9 heteroatoms. The van der Waals surface area contributed by atoms with Gasteiger partial charge in [-0.3, -0.25) is 4.90 Å². The molecule has 0 aliphatic carbocycles. The number of likely N-dealkylation sites (tertiary alicyclic amines) is 1. The van der Waals surface area contributed by atoms with Crippen LogP contribution < -0.4 is 10.6 Å². The molecule has 1 aliphatic rings. The maximum absolute atomic E-state index is 12.9. The van der Waals surface area contributed by atoms with Gasteiger partial charge in [0.1, 0.15) is 0 Å². The number of benzene rings is 2. The molecule has 1 fully saturated rings. The monoisotopic (exact) mass is 482 g/mol.